The molecule has 0 spiro atoms. The van der Waals surface area contributed by atoms with Gasteiger partial charge in [-0.2, -0.15) is 0 Å². The minimum absolute atomic E-state index is 0.0453. The Morgan fingerprint density at radius 3 is 1.93 bits per heavy atom. The van der Waals surface area contributed by atoms with Gasteiger partial charge in [0.15, 0.2) is 0 Å². The SMILES string of the molecule is CCCCCCC/C=C/CC/C=C/C(O)C(COP(=O)(O)OCCN)NC(=O)CC(O)CCCCCCCCCCCC. The Hall–Kier alpha value is -1.06. The number of phosphoric acid groups is 1. The molecule has 43 heavy (non-hydrogen) atoms. The topological polar surface area (TPSA) is 151 Å². The first-order valence-corrected chi connectivity index (χ1v) is 18.5. The number of rotatable bonds is 31. The Bertz CT molecular complexity index is 751. The predicted molar refractivity (Wildman–Crippen MR) is 177 cm³/mol. The number of carbonyl (C=O) groups excluding carboxylic acids is 1. The van der Waals surface area contributed by atoms with Gasteiger partial charge < -0.3 is 26.2 Å². The van der Waals surface area contributed by atoms with Gasteiger partial charge in [-0.15, -0.1) is 0 Å². The van der Waals surface area contributed by atoms with Crippen LogP contribution in [0.1, 0.15) is 142 Å². The van der Waals surface area contributed by atoms with Crippen molar-refractivity contribution in [2.45, 2.75) is 161 Å². The summed E-state index contributed by atoms with van der Waals surface area (Å²) in [6.07, 6.45) is 27.0. The first-order chi connectivity index (χ1) is 20.8. The molecule has 4 unspecified atom stereocenters. The lowest BCUT2D eigenvalue weighted by Crippen LogP contribution is -2.46. The van der Waals surface area contributed by atoms with E-state index < -0.39 is 38.6 Å². The van der Waals surface area contributed by atoms with Crippen molar-refractivity contribution in [2.75, 3.05) is 19.8 Å². The van der Waals surface area contributed by atoms with Crippen LogP contribution >= 0.6 is 7.82 Å². The summed E-state index contributed by atoms with van der Waals surface area (Å²) in [5, 5.41) is 23.7. The van der Waals surface area contributed by atoms with Crippen molar-refractivity contribution < 1.29 is 33.5 Å². The van der Waals surface area contributed by atoms with Crippen molar-refractivity contribution in [2.24, 2.45) is 5.73 Å². The quantitative estimate of drug-likeness (QED) is 0.0305. The molecule has 0 saturated carbocycles. The normalized spacial score (nSPS) is 15.6. The van der Waals surface area contributed by atoms with Crippen molar-refractivity contribution in [1.82, 2.24) is 5.32 Å². The van der Waals surface area contributed by atoms with Gasteiger partial charge >= 0.3 is 7.82 Å². The number of nitrogens with two attached hydrogens (primary N) is 1. The van der Waals surface area contributed by atoms with E-state index in [2.05, 4.69) is 31.3 Å². The van der Waals surface area contributed by atoms with Gasteiger partial charge in [-0.1, -0.05) is 128 Å². The molecule has 0 heterocycles. The molecule has 0 aromatic rings. The second-order valence-electron chi connectivity index (χ2n) is 11.6. The monoisotopic (exact) mass is 632 g/mol. The Morgan fingerprint density at radius 1 is 0.791 bits per heavy atom. The van der Waals surface area contributed by atoms with Crippen LogP contribution in [0.4, 0.5) is 0 Å². The first-order valence-electron chi connectivity index (χ1n) is 17.0. The molecule has 6 N–H and O–H groups in total. The molecule has 0 aromatic carbocycles. The van der Waals surface area contributed by atoms with Gasteiger partial charge in [0, 0.05) is 6.54 Å². The molecule has 254 valence electrons. The van der Waals surface area contributed by atoms with Crippen LogP contribution in [0.2, 0.25) is 0 Å². The zero-order chi connectivity index (χ0) is 32.0. The van der Waals surface area contributed by atoms with Gasteiger partial charge in [0.05, 0.1) is 37.9 Å². The molecule has 0 aromatic heterocycles. The van der Waals surface area contributed by atoms with Gasteiger partial charge in [-0.05, 0) is 32.1 Å². The van der Waals surface area contributed by atoms with Crippen molar-refractivity contribution in [3.8, 4) is 0 Å². The number of carbonyl (C=O) groups is 1. The highest BCUT2D eigenvalue weighted by Crippen LogP contribution is 2.43. The average molecular weight is 633 g/mol. The molecule has 0 rings (SSSR count). The highest BCUT2D eigenvalue weighted by atomic mass is 31.2. The Balaban J connectivity index is 4.58. The molecule has 0 bridgehead atoms. The number of aliphatic hydroxyl groups is 2. The molecule has 0 fully saturated rings. The number of aliphatic hydroxyl groups excluding tert-OH is 2. The number of amides is 1. The fourth-order valence-corrected chi connectivity index (χ4v) is 5.48. The zero-order valence-electron chi connectivity index (χ0n) is 27.3. The Morgan fingerprint density at radius 2 is 1.33 bits per heavy atom. The van der Waals surface area contributed by atoms with E-state index in [0.29, 0.717) is 12.8 Å². The van der Waals surface area contributed by atoms with Gasteiger partial charge in [0.25, 0.3) is 0 Å². The summed E-state index contributed by atoms with van der Waals surface area (Å²) in [4.78, 5) is 22.5. The third kappa shape index (κ3) is 28.2. The summed E-state index contributed by atoms with van der Waals surface area (Å²) >= 11 is 0. The molecule has 10 heteroatoms. The smallest absolute Gasteiger partial charge is 0.393 e. The number of phosphoric ester groups is 1. The average Bonchev–Trinajstić information content (AvgIpc) is 2.97. The van der Waals surface area contributed by atoms with Crippen LogP contribution in [-0.2, 0) is 18.4 Å². The zero-order valence-corrected chi connectivity index (χ0v) is 28.2. The van der Waals surface area contributed by atoms with Gasteiger partial charge in [0.2, 0.25) is 5.91 Å². The molecule has 9 nitrogen and oxygen atoms in total. The van der Waals surface area contributed by atoms with Crippen molar-refractivity contribution in [3.63, 3.8) is 0 Å². The molecule has 1 amide bonds. The highest BCUT2D eigenvalue weighted by molar-refractivity contribution is 7.47. The lowest BCUT2D eigenvalue weighted by Gasteiger charge is -2.24. The largest absolute Gasteiger partial charge is 0.472 e. The van der Waals surface area contributed by atoms with E-state index in [1.807, 2.05) is 6.08 Å². The maximum absolute atomic E-state index is 12.7. The molecule has 0 aliphatic rings. The fourth-order valence-electron chi connectivity index (χ4n) is 4.72. The van der Waals surface area contributed by atoms with Crippen LogP contribution in [0.15, 0.2) is 24.3 Å². The van der Waals surface area contributed by atoms with E-state index in [1.165, 1.54) is 77.0 Å². The Labute approximate surface area is 262 Å². The van der Waals surface area contributed by atoms with Crippen molar-refractivity contribution >= 4 is 13.7 Å². The van der Waals surface area contributed by atoms with Gasteiger partial charge in [0.1, 0.15) is 0 Å². The van der Waals surface area contributed by atoms with Crippen LogP contribution < -0.4 is 11.1 Å². The van der Waals surface area contributed by atoms with E-state index in [-0.39, 0.29) is 19.6 Å². The van der Waals surface area contributed by atoms with E-state index in [4.69, 9.17) is 14.8 Å². The number of nitrogens with one attached hydrogen (secondary N) is 1. The lowest BCUT2D eigenvalue weighted by atomic mass is 10.0. The fraction of sp³-hybridized carbons (Fsp3) is 0.848. The maximum atomic E-state index is 12.7. The van der Waals surface area contributed by atoms with Crippen LogP contribution in [0.3, 0.4) is 0 Å². The molecule has 0 aliphatic carbocycles. The molecule has 0 saturated heterocycles. The summed E-state index contributed by atoms with van der Waals surface area (Å²) in [6.45, 7) is 3.87. The third-order valence-electron chi connectivity index (χ3n) is 7.33. The Kier molecular flexibility index (Phi) is 28.9. The van der Waals surface area contributed by atoms with E-state index >= 15 is 0 Å². The number of hydrogen-bond donors (Lipinski definition) is 5. The van der Waals surface area contributed by atoms with Crippen LogP contribution in [0, 0.1) is 0 Å². The number of unbranched alkanes of at least 4 members (excludes halogenated alkanes) is 15. The molecule has 0 radical (unpaired) electrons. The minimum atomic E-state index is -4.39. The summed E-state index contributed by atoms with van der Waals surface area (Å²) in [5.74, 6) is -0.460. The summed E-state index contributed by atoms with van der Waals surface area (Å²) in [6, 6.07) is -0.992. The summed E-state index contributed by atoms with van der Waals surface area (Å²) < 4.78 is 21.9. The summed E-state index contributed by atoms with van der Waals surface area (Å²) in [7, 11) is -4.39. The van der Waals surface area contributed by atoms with Crippen LogP contribution in [0.25, 0.3) is 0 Å². The first kappa shape index (κ1) is 41.9. The van der Waals surface area contributed by atoms with Crippen molar-refractivity contribution in [1.29, 1.82) is 0 Å². The molecule has 0 aliphatic heterocycles. The standard InChI is InChI=1S/C33H65N2O7P/c1-3-5-7-9-11-13-15-17-19-21-23-25-32(37)31(29-42-43(39,40)41-27-26-34)35-33(38)28-30(36)24-22-20-18-16-14-12-10-8-6-4-2/h15,17,23,25,30-32,36-37H,3-14,16,18-22,24,26-29,34H2,1-2H3,(H,35,38)(H,39,40)/b17-15+,25-23+. The van der Waals surface area contributed by atoms with Crippen molar-refractivity contribution in [3.05, 3.63) is 24.3 Å². The van der Waals surface area contributed by atoms with E-state index in [9.17, 15) is 24.5 Å². The second-order valence-corrected chi connectivity index (χ2v) is 13.0. The highest BCUT2D eigenvalue weighted by Gasteiger charge is 2.27. The van der Waals surface area contributed by atoms with E-state index in [1.54, 1.807) is 6.08 Å². The van der Waals surface area contributed by atoms with Gasteiger partial charge in [-0.3, -0.25) is 13.8 Å². The number of hydrogen-bond acceptors (Lipinski definition) is 7. The minimum Gasteiger partial charge on any atom is -0.393 e. The lowest BCUT2D eigenvalue weighted by molar-refractivity contribution is -0.124. The molecular weight excluding hydrogens is 567 g/mol. The van der Waals surface area contributed by atoms with Gasteiger partial charge in [-0.25, -0.2) is 4.57 Å². The molecule has 4 atom stereocenters. The summed E-state index contributed by atoms with van der Waals surface area (Å²) in [5.41, 5.74) is 5.32. The predicted octanol–water partition coefficient (Wildman–Crippen LogP) is 7.24. The van der Waals surface area contributed by atoms with E-state index in [0.717, 1.165) is 32.1 Å². The number of allylic oxidation sites excluding steroid dienone is 3. The second kappa shape index (κ2) is 29.6. The van der Waals surface area contributed by atoms with Crippen LogP contribution in [0.5, 0.6) is 0 Å². The molecular formula is C33H65N2O7P. The third-order valence-corrected chi connectivity index (χ3v) is 8.32. The van der Waals surface area contributed by atoms with Crippen LogP contribution in [-0.4, -0.2) is 59.0 Å². The maximum Gasteiger partial charge on any atom is 0.472 e.